The molecule has 142 valence electrons. The Bertz CT molecular complexity index is 857. The van der Waals surface area contributed by atoms with Crippen molar-refractivity contribution >= 4 is 28.2 Å². The average molecular weight is 381 g/mol. The van der Waals surface area contributed by atoms with Crippen LogP contribution in [0, 0.1) is 0 Å². The summed E-state index contributed by atoms with van der Waals surface area (Å²) in [6.07, 6.45) is 3.19. The second-order valence-electron chi connectivity index (χ2n) is 7.05. The van der Waals surface area contributed by atoms with Gasteiger partial charge in [-0.25, -0.2) is 0 Å². The summed E-state index contributed by atoms with van der Waals surface area (Å²) in [6, 6.07) is 19.0. The van der Waals surface area contributed by atoms with Crippen LogP contribution in [0.25, 0.3) is 10.9 Å². The van der Waals surface area contributed by atoms with Crippen LogP contribution in [0.1, 0.15) is 23.5 Å². The molecule has 0 saturated heterocycles. The third-order valence-corrected chi connectivity index (χ3v) is 5.02. The summed E-state index contributed by atoms with van der Waals surface area (Å²) in [5.41, 5.74) is 3.74. The van der Waals surface area contributed by atoms with E-state index >= 15 is 0 Å². The fraction of sp³-hybridized carbons (Fsp3) is 0.318. The number of thiocarbonyl (C=S) groups is 1. The second kappa shape index (κ2) is 9.53. The van der Waals surface area contributed by atoms with Crippen LogP contribution in [0.4, 0.5) is 0 Å². The van der Waals surface area contributed by atoms with Crippen molar-refractivity contribution in [3.8, 4) is 0 Å². The van der Waals surface area contributed by atoms with Crippen molar-refractivity contribution < 1.29 is 0 Å². The number of para-hydroxylation sites is 1. The molecule has 0 unspecified atom stereocenters. The van der Waals surface area contributed by atoms with Crippen LogP contribution in [0.3, 0.4) is 0 Å². The highest BCUT2D eigenvalue weighted by atomic mass is 32.1. The van der Waals surface area contributed by atoms with Gasteiger partial charge in [0.2, 0.25) is 0 Å². The fourth-order valence-corrected chi connectivity index (χ4v) is 3.51. The largest absolute Gasteiger partial charge is 0.363 e. The molecule has 0 bridgehead atoms. The van der Waals surface area contributed by atoms with Crippen LogP contribution >= 0.6 is 12.2 Å². The predicted molar refractivity (Wildman–Crippen MR) is 118 cm³/mol. The summed E-state index contributed by atoms with van der Waals surface area (Å²) in [4.78, 5) is 5.58. The molecule has 0 aliphatic heterocycles. The Labute approximate surface area is 167 Å². The molecule has 0 spiro atoms. The molecule has 1 heterocycles. The highest BCUT2D eigenvalue weighted by Gasteiger charge is 2.18. The Hall–Kier alpha value is -2.37. The van der Waals surface area contributed by atoms with Crippen molar-refractivity contribution in [3.63, 3.8) is 0 Å². The molecule has 2 aromatic carbocycles. The molecule has 4 nitrogen and oxygen atoms in total. The normalized spacial score (nSPS) is 12.3. The van der Waals surface area contributed by atoms with E-state index in [1.807, 2.05) is 0 Å². The molecular weight excluding hydrogens is 352 g/mol. The van der Waals surface area contributed by atoms with Gasteiger partial charge < -0.3 is 20.5 Å². The molecule has 0 radical (unpaired) electrons. The Morgan fingerprint density at radius 1 is 1.04 bits per heavy atom. The van der Waals surface area contributed by atoms with Crippen LogP contribution in [0.15, 0.2) is 60.8 Å². The second-order valence-corrected chi connectivity index (χ2v) is 7.45. The fourth-order valence-electron chi connectivity index (χ4n) is 3.33. The first-order valence-electron chi connectivity index (χ1n) is 9.42. The third kappa shape index (κ3) is 5.31. The summed E-state index contributed by atoms with van der Waals surface area (Å²) < 4.78 is 0. The van der Waals surface area contributed by atoms with Gasteiger partial charge in [0.05, 0.1) is 0 Å². The summed E-state index contributed by atoms with van der Waals surface area (Å²) in [7, 11) is 4.17. The maximum Gasteiger partial charge on any atom is 0.166 e. The molecular formula is C22H28N4S. The molecule has 5 heteroatoms. The number of nitrogens with one attached hydrogen (secondary N) is 3. The van der Waals surface area contributed by atoms with Crippen molar-refractivity contribution in [2.75, 3.05) is 33.7 Å². The molecule has 0 aliphatic rings. The molecule has 1 aromatic heterocycles. The number of aromatic amines is 1. The van der Waals surface area contributed by atoms with Crippen molar-refractivity contribution in [2.24, 2.45) is 0 Å². The van der Waals surface area contributed by atoms with E-state index in [0.717, 1.165) is 36.7 Å². The van der Waals surface area contributed by atoms with Crippen LogP contribution < -0.4 is 10.6 Å². The van der Waals surface area contributed by atoms with Crippen molar-refractivity contribution in [2.45, 2.75) is 12.3 Å². The number of fused-ring (bicyclic) bond motifs is 1. The minimum atomic E-state index is 0.226. The minimum Gasteiger partial charge on any atom is -0.363 e. The molecule has 0 aliphatic carbocycles. The maximum atomic E-state index is 5.48. The molecule has 3 N–H and O–H groups in total. The first-order valence-corrected chi connectivity index (χ1v) is 9.83. The van der Waals surface area contributed by atoms with Crippen LogP contribution in [-0.4, -0.2) is 48.7 Å². The van der Waals surface area contributed by atoms with Gasteiger partial charge in [-0.1, -0.05) is 48.5 Å². The van der Waals surface area contributed by atoms with E-state index in [0.29, 0.717) is 0 Å². The lowest BCUT2D eigenvalue weighted by atomic mass is 9.91. The highest BCUT2D eigenvalue weighted by molar-refractivity contribution is 7.80. The molecule has 1 atom stereocenters. The van der Waals surface area contributed by atoms with Gasteiger partial charge in [-0.3, -0.25) is 0 Å². The lowest BCUT2D eigenvalue weighted by Crippen LogP contribution is -2.38. The van der Waals surface area contributed by atoms with Crippen LogP contribution in [-0.2, 0) is 0 Å². The SMILES string of the molecule is CN(C)CCCNC(=S)NC[C@H](c1ccccc1)c1c[nH]c2ccccc12. The van der Waals surface area contributed by atoms with Crippen LogP contribution in [0.5, 0.6) is 0 Å². The molecule has 0 fully saturated rings. The molecule has 27 heavy (non-hydrogen) atoms. The number of aromatic nitrogens is 1. The first kappa shape index (κ1) is 19.4. The van der Waals surface area contributed by atoms with Gasteiger partial charge >= 0.3 is 0 Å². The summed E-state index contributed by atoms with van der Waals surface area (Å²) in [5, 5.41) is 8.71. The van der Waals surface area contributed by atoms with Gasteiger partial charge in [0.15, 0.2) is 5.11 Å². The Morgan fingerprint density at radius 3 is 2.56 bits per heavy atom. The van der Waals surface area contributed by atoms with Crippen molar-refractivity contribution in [3.05, 3.63) is 71.9 Å². The zero-order valence-corrected chi connectivity index (χ0v) is 16.9. The summed E-state index contributed by atoms with van der Waals surface area (Å²) >= 11 is 5.48. The van der Waals surface area contributed by atoms with E-state index in [9.17, 15) is 0 Å². The zero-order chi connectivity index (χ0) is 19.1. The van der Waals surface area contributed by atoms with Gasteiger partial charge in [0, 0.05) is 36.1 Å². The molecule has 3 rings (SSSR count). The van der Waals surface area contributed by atoms with Gasteiger partial charge in [-0.2, -0.15) is 0 Å². The van der Waals surface area contributed by atoms with Crippen molar-refractivity contribution in [1.29, 1.82) is 0 Å². The summed E-state index contributed by atoms with van der Waals surface area (Å²) in [5.74, 6) is 0.226. The Kier molecular flexibility index (Phi) is 6.85. The average Bonchev–Trinajstić information content (AvgIpc) is 3.10. The van der Waals surface area contributed by atoms with E-state index in [2.05, 4.69) is 95.4 Å². The van der Waals surface area contributed by atoms with Crippen LogP contribution in [0.2, 0.25) is 0 Å². The van der Waals surface area contributed by atoms with E-state index in [-0.39, 0.29) is 5.92 Å². The Balaban J connectivity index is 1.70. The Morgan fingerprint density at radius 2 is 1.78 bits per heavy atom. The third-order valence-electron chi connectivity index (χ3n) is 4.73. The number of rotatable bonds is 8. The van der Waals surface area contributed by atoms with Gasteiger partial charge in [0.25, 0.3) is 0 Å². The number of hydrogen-bond acceptors (Lipinski definition) is 2. The molecule has 3 aromatic rings. The topological polar surface area (TPSA) is 43.1 Å². The lowest BCUT2D eigenvalue weighted by Gasteiger charge is -2.20. The van der Waals surface area contributed by atoms with E-state index in [4.69, 9.17) is 12.2 Å². The number of hydrogen-bond donors (Lipinski definition) is 3. The predicted octanol–water partition coefficient (Wildman–Crippen LogP) is 3.72. The van der Waals surface area contributed by atoms with Gasteiger partial charge in [-0.15, -0.1) is 0 Å². The van der Waals surface area contributed by atoms with Gasteiger partial charge in [0.1, 0.15) is 0 Å². The molecule has 0 amide bonds. The summed E-state index contributed by atoms with van der Waals surface area (Å²) in [6.45, 7) is 2.69. The number of benzene rings is 2. The highest BCUT2D eigenvalue weighted by Crippen LogP contribution is 2.30. The zero-order valence-electron chi connectivity index (χ0n) is 16.0. The monoisotopic (exact) mass is 380 g/mol. The van der Waals surface area contributed by atoms with E-state index < -0.39 is 0 Å². The van der Waals surface area contributed by atoms with Crippen molar-refractivity contribution in [1.82, 2.24) is 20.5 Å². The van der Waals surface area contributed by atoms with E-state index in [1.54, 1.807) is 0 Å². The lowest BCUT2D eigenvalue weighted by molar-refractivity contribution is 0.400. The first-order chi connectivity index (χ1) is 13.1. The molecule has 0 saturated carbocycles. The maximum absolute atomic E-state index is 5.48. The minimum absolute atomic E-state index is 0.226. The quantitative estimate of drug-likeness (QED) is 0.412. The van der Waals surface area contributed by atoms with E-state index in [1.165, 1.54) is 16.5 Å². The number of H-pyrrole nitrogens is 1. The standard InChI is InChI=1S/C22H28N4S/c1-26(2)14-8-13-23-22(27)25-15-19(17-9-4-3-5-10-17)20-16-24-21-12-7-6-11-18(20)21/h3-7,9-12,16,19,24H,8,13-15H2,1-2H3,(H2,23,25,27)/t19-/m1/s1. The number of nitrogens with zero attached hydrogens (tertiary/aromatic N) is 1. The van der Waals surface area contributed by atoms with Gasteiger partial charge in [-0.05, 0) is 56.5 Å². The smallest absolute Gasteiger partial charge is 0.166 e.